The fraction of sp³-hybridized carbons (Fsp3) is 1.00. The van der Waals surface area contributed by atoms with Gasteiger partial charge < -0.3 is 5.32 Å². The molecular formula is C17H36N2. The maximum absolute atomic E-state index is 3.71. The first kappa shape index (κ1) is 17.0. The third-order valence-corrected chi connectivity index (χ3v) is 4.82. The molecule has 0 radical (unpaired) electrons. The van der Waals surface area contributed by atoms with Crippen LogP contribution >= 0.6 is 0 Å². The highest BCUT2D eigenvalue weighted by atomic mass is 15.2. The van der Waals surface area contributed by atoms with Crippen molar-refractivity contribution < 1.29 is 0 Å². The second-order valence-electron chi connectivity index (χ2n) is 6.75. The van der Waals surface area contributed by atoms with Crippen LogP contribution in [0.5, 0.6) is 0 Å². The quantitative estimate of drug-likeness (QED) is 0.714. The zero-order chi connectivity index (χ0) is 14.3. The highest BCUT2D eigenvalue weighted by molar-refractivity contribution is 4.82. The van der Waals surface area contributed by atoms with Crippen molar-refractivity contribution >= 4 is 0 Å². The lowest BCUT2D eigenvalue weighted by atomic mass is 9.94. The van der Waals surface area contributed by atoms with E-state index < -0.39 is 0 Å². The van der Waals surface area contributed by atoms with Crippen molar-refractivity contribution in [3.05, 3.63) is 0 Å². The Morgan fingerprint density at radius 1 is 1.11 bits per heavy atom. The number of hydrogen-bond acceptors (Lipinski definition) is 2. The maximum atomic E-state index is 3.71. The van der Waals surface area contributed by atoms with Gasteiger partial charge in [-0.1, -0.05) is 33.6 Å². The lowest BCUT2D eigenvalue weighted by Gasteiger charge is -2.39. The van der Waals surface area contributed by atoms with Gasteiger partial charge in [-0.25, -0.2) is 0 Å². The maximum Gasteiger partial charge on any atom is 0.0195 e. The standard InChI is InChI=1S/C17H36N2/c1-6-15(5)12-17(7-2)19(14(3)4)13-16-10-8-9-11-18-16/h14-18H,6-13H2,1-5H3. The summed E-state index contributed by atoms with van der Waals surface area (Å²) in [5, 5.41) is 3.71. The molecule has 1 rings (SSSR count). The Labute approximate surface area is 121 Å². The summed E-state index contributed by atoms with van der Waals surface area (Å²) in [5.41, 5.74) is 0. The molecule has 2 nitrogen and oxygen atoms in total. The molecule has 0 saturated carbocycles. The summed E-state index contributed by atoms with van der Waals surface area (Å²) < 4.78 is 0. The molecule has 1 aliphatic rings. The SMILES string of the molecule is CCC(C)CC(CC)N(CC1CCCCN1)C(C)C. The highest BCUT2D eigenvalue weighted by Gasteiger charge is 2.25. The summed E-state index contributed by atoms with van der Waals surface area (Å²) in [6.45, 7) is 14.3. The van der Waals surface area contributed by atoms with Crippen LogP contribution in [0.3, 0.4) is 0 Å². The highest BCUT2D eigenvalue weighted by Crippen LogP contribution is 2.21. The van der Waals surface area contributed by atoms with Crippen molar-refractivity contribution in [2.24, 2.45) is 5.92 Å². The lowest BCUT2D eigenvalue weighted by Crippen LogP contribution is -2.50. The molecule has 0 aromatic carbocycles. The van der Waals surface area contributed by atoms with E-state index in [1.54, 1.807) is 0 Å². The van der Waals surface area contributed by atoms with E-state index in [0.29, 0.717) is 6.04 Å². The molecule has 1 saturated heterocycles. The zero-order valence-electron chi connectivity index (χ0n) is 13.9. The number of rotatable bonds is 8. The lowest BCUT2D eigenvalue weighted by molar-refractivity contribution is 0.108. The van der Waals surface area contributed by atoms with Gasteiger partial charge in [0.15, 0.2) is 0 Å². The van der Waals surface area contributed by atoms with Crippen LogP contribution in [-0.2, 0) is 0 Å². The average molecular weight is 268 g/mol. The van der Waals surface area contributed by atoms with Crippen molar-refractivity contribution in [1.82, 2.24) is 10.2 Å². The minimum Gasteiger partial charge on any atom is -0.313 e. The van der Waals surface area contributed by atoms with Gasteiger partial charge in [0.25, 0.3) is 0 Å². The van der Waals surface area contributed by atoms with Crippen LogP contribution in [0.1, 0.15) is 73.1 Å². The van der Waals surface area contributed by atoms with E-state index in [9.17, 15) is 0 Å². The number of hydrogen-bond donors (Lipinski definition) is 1. The summed E-state index contributed by atoms with van der Waals surface area (Å²) in [5.74, 6) is 0.852. The van der Waals surface area contributed by atoms with E-state index in [0.717, 1.165) is 18.0 Å². The molecule has 0 bridgehead atoms. The molecule has 0 spiro atoms. The van der Waals surface area contributed by atoms with Gasteiger partial charge in [-0.2, -0.15) is 0 Å². The normalized spacial score (nSPS) is 23.8. The van der Waals surface area contributed by atoms with Gasteiger partial charge in [0.1, 0.15) is 0 Å². The molecule has 0 amide bonds. The second kappa shape index (κ2) is 8.97. The van der Waals surface area contributed by atoms with Crippen LogP contribution in [0.2, 0.25) is 0 Å². The molecular weight excluding hydrogens is 232 g/mol. The van der Waals surface area contributed by atoms with Crippen molar-refractivity contribution in [3.8, 4) is 0 Å². The van der Waals surface area contributed by atoms with Gasteiger partial charge in [0.05, 0.1) is 0 Å². The summed E-state index contributed by atoms with van der Waals surface area (Å²) in [6.07, 6.45) is 8.09. The summed E-state index contributed by atoms with van der Waals surface area (Å²) in [7, 11) is 0. The fourth-order valence-electron chi connectivity index (χ4n) is 3.28. The Balaban J connectivity index is 2.57. The Hall–Kier alpha value is -0.0800. The van der Waals surface area contributed by atoms with Crippen LogP contribution < -0.4 is 5.32 Å². The second-order valence-corrected chi connectivity index (χ2v) is 6.75. The van der Waals surface area contributed by atoms with Gasteiger partial charge >= 0.3 is 0 Å². The van der Waals surface area contributed by atoms with Crippen LogP contribution in [0, 0.1) is 5.92 Å². The molecule has 1 N–H and O–H groups in total. The van der Waals surface area contributed by atoms with E-state index in [4.69, 9.17) is 0 Å². The number of piperidine rings is 1. The Bertz CT molecular complexity index is 221. The first-order valence-electron chi connectivity index (χ1n) is 8.57. The molecule has 114 valence electrons. The van der Waals surface area contributed by atoms with E-state index >= 15 is 0 Å². The summed E-state index contributed by atoms with van der Waals surface area (Å²) >= 11 is 0. The van der Waals surface area contributed by atoms with Gasteiger partial charge in [-0.3, -0.25) is 4.90 Å². The molecule has 1 aliphatic heterocycles. The average Bonchev–Trinajstić information content (AvgIpc) is 2.43. The van der Waals surface area contributed by atoms with Crippen LogP contribution in [-0.4, -0.2) is 36.1 Å². The molecule has 0 aromatic heterocycles. The fourth-order valence-corrected chi connectivity index (χ4v) is 3.28. The number of nitrogens with zero attached hydrogens (tertiary/aromatic N) is 1. The molecule has 3 atom stereocenters. The van der Waals surface area contributed by atoms with Crippen molar-refractivity contribution in [2.75, 3.05) is 13.1 Å². The Morgan fingerprint density at radius 3 is 2.32 bits per heavy atom. The van der Waals surface area contributed by atoms with Crippen molar-refractivity contribution in [1.29, 1.82) is 0 Å². The first-order chi connectivity index (χ1) is 9.08. The van der Waals surface area contributed by atoms with Crippen molar-refractivity contribution in [3.63, 3.8) is 0 Å². The van der Waals surface area contributed by atoms with E-state index in [1.807, 2.05) is 0 Å². The molecule has 1 heterocycles. The molecule has 1 fully saturated rings. The molecule has 0 aromatic rings. The monoisotopic (exact) mass is 268 g/mol. The number of nitrogens with one attached hydrogen (secondary N) is 1. The molecule has 3 unspecified atom stereocenters. The van der Waals surface area contributed by atoms with Crippen molar-refractivity contribution in [2.45, 2.75) is 91.3 Å². The summed E-state index contributed by atoms with van der Waals surface area (Å²) in [6, 6.07) is 2.15. The Morgan fingerprint density at radius 2 is 1.84 bits per heavy atom. The van der Waals surface area contributed by atoms with Gasteiger partial charge in [-0.05, 0) is 52.0 Å². The third kappa shape index (κ3) is 5.83. The van der Waals surface area contributed by atoms with E-state index in [1.165, 1.54) is 51.6 Å². The topological polar surface area (TPSA) is 15.3 Å². The molecule has 0 aliphatic carbocycles. The summed E-state index contributed by atoms with van der Waals surface area (Å²) in [4.78, 5) is 2.76. The van der Waals surface area contributed by atoms with E-state index in [-0.39, 0.29) is 0 Å². The largest absolute Gasteiger partial charge is 0.313 e. The minimum atomic E-state index is 0.665. The van der Waals surface area contributed by atoms with Crippen LogP contribution in [0.4, 0.5) is 0 Å². The predicted molar refractivity (Wildman–Crippen MR) is 85.6 cm³/mol. The smallest absolute Gasteiger partial charge is 0.0195 e. The third-order valence-electron chi connectivity index (χ3n) is 4.82. The minimum absolute atomic E-state index is 0.665. The first-order valence-corrected chi connectivity index (χ1v) is 8.57. The van der Waals surface area contributed by atoms with Gasteiger partial charge in [-0.15, -0.1) is 0 Å². The predicted octanol–water partition coefficient (Wildman–Crippen LogP) is 4.05. The molecule has 19 heavy (non-hydrogen) atoms. The van der Waals surface area contributed by atoms with Gasteiger partial charge in [0.2, 0.25) is 0 Å². The molecule has 2 heteroatoms. The van der Waals surface area contributed by atoms with Crippen LogP contribution in [0.25, 0.3) is 0 Å². The van der Waals surface area contributed by atoms with Gasteiger partial charge in [0, 0.05) is 24.7 Å². The Kier molecular flexibility index (Phi) is 8.01. The zero-order valence-corrected chi connectivity index (χ0v) is 13.9. The van der Waals surface area contributed by atoms with Crippen LogP contribution in [0.15, 0.2) is 0 Å². The van der Waals surface area contributed by atoms with E-state index in [2.05, 4.69) is 44.8 Å².